The summed E-state index contributed by atoms with van der Waals surface area (Å²) < 4.78 is 11.5. The van der Waals surface area contributed by atoms with Crippen LogP contribution in [0.15, 0.2) is 16.5 Å². The predicted molar refractivity (Wildman–Crippen MR) is 84.5 cm³/mol. The van der Waals surface area contributed by atoms with Crippen LogP contribution in [0.4, 0.5) is 0 Å². The highest BCUT2D eigenvalue weighted by atomic mass is 16.5. The number of ether oxygens (including phenoxy) is 1. The predicted octanol–water partition coefficient (Wildman–Crippen LogP) is 2.84. The lowest BCUT2D eigenvalue weighted by Gasteiger charge is -2.21. The van der Waals surface area contributed by atoms with E-state index in [0.29, 0.717) is 18.6 Å². The van der Waals surface area contributed by atoms with Crippen molar-refractivity contribution in [2.24, 2.45) is 0 Å². The van der Waals surface area contributed by atoms with E-state index in [0.717, 1.165) is 41.6 Å². The maximum absolute atomic E-state index is 11.7. The average Bonchev–Trinajstić information content (AvgIpc) is 2.91. The Balaban J connectivity index is 1.84. The Morgan fingerprint density at radius 3 is 2.61 bits per heavy atom. The van der Waals surface area contributed by atoms with Crippen LogP contribution < -0.4 is 10.1 Å². The Kier molecular flexibility index (Phi) is 3.36. The van der Waals surface area contributed by atoms with E-state index in [1.165, 1.54) is 12.0 Å². The van der Waals surface area contributed by atoms with Gasteiger partial charge in [0, 0.05) is 36.1 Å². The van der Waals surface area contributed by atoms with Crippen LogP contribution in [-0.4, -0.2) is 18.9 Å². The van der Waals surface area contributed by atoms with Gasteiger partial charge in [-0.05, 0) is 37.0 Å². The third kappa shape index (κ3) is 2.40. The number of rotatable bonds is 2. The zero-order valence-corrected chi connectivity index (χ0v) is 13.1. The third-order valence-electron chi connectivity index (χ3n) is 4.88. The molecule has 1 saturated heterocycles. The van der Waals surface area contributed by atoms with Crippen molar-refractivity contribution in [2.45, 2.75) is 44.4 Å². The van der Waals surface area contributed by atoms with Crippen LogP contribution in [0.5, 0.6) is 5.75 Å². The second kappa shape index (κ2) is 5.41. The Hall–Kier alpha value is -2.30. The maximum atomic E-state index is 11.7. The number of methoxy groups -OCH3 is 1. The molecule has 1 aromatic heterocycles. The molecule has 2 heterocycles. The molecule has 0 spiro atoms. The van der Waals surface area contributed by atoms with Crippen molar-refractivity contribution in [2.75, 3.05) is 7.11 Å². The van der Waals surface area contributed by atoms with Gasteiger partial charge >= 0.3 is 0 Å². The Morgan fingerprint density at radius 2 is 1.87 bits per heavy atom. The molecule has 1 aromatic carbocycles. The van der Waals surface area contributed by atoms with E-state index < -0.39 is 0 Å². The number of nitrogens with one attached hydrogen (secondary N) is 1. The first-order valence-corrected chi connectivity index (χ1v) is 8.10. The van der Waals surface area contributed by atoms with Gasteiger partial charge in [0.2, 0.25) is 11.8 Å². The lowest BCUT2D eigenvalue weighted by molar-refractivity contribution is -0.133. The third-order valence-corrected chi connectivity index (χ3v) is 4.88. The minimum absolute atomic E-state index is 0.0938. The maximum Gasteiger partial charge on any atom is 0.227 e. The molecular weight excluding hydrogens is 294 g/mol. The summed E-state index contributed by atoms with van der Waals surface area (Å²) in [5.41, 5.74) is 3.03. The van der Waals surface area contributed by atoms with Gasteiger partial charge in [0.05, 0.1) is 7.11 Å². The van der Waals surface area contributed by atoms with Crippen molar-refractivity contribution in [3.8, 4) is 5.75 Å². The van der Waals surface area contributed by atoms with Crippen molar-refractivity contribution >= 4 is 22.8 Å². The van der Waals surface area contributed by atoms with E-state index in [2.05, 4.69) is 11.4 Å². The van der Waals surface area contributed by atoms with Crippen LogP contribution >= 0.6 is 0 Å². The van der Waals surface area contributed by atoms with Crippen LogP contribution in [0.25, 0.3) is 11.0 Å². The van der Waals surface area contributed by atoms with Gasteiger partial charge < -0.3 is 9.15 Å². The van der Waals surface area contributed by atoms with E-state index >= 15 is 0 Å². The summed E-state index contributed by atoms with van der Waals surface area (Å²) in [5, 5.41) is 3.44. The molecule has 2 aromatic rings. The van der Waals surface area contributed by atoms with Crippen LogP contribution in [0.3, 0.4) is 0 Å². The quantitative estimate of drug-likeness (QED) is 0.866. The van der Waals surface area contributed by atoms with Crippen molar-refractivity contribution in [1.82, 2.24) is 5.32 Å². The highest BCUT2D eigenvalue weighted by molar-refractivity contribution is 5.99. The Bertz CT molecular complexity index is 789. The second-order valence-corrected chi connectivity index (χ2v) is 6.39. The van der Waals surface area contributed by atoms with Gasteiger partial charge in [0.1, 0.15) is 5.76 Å². The lowest BCUT2D eigenvalue weighted by atomic mass is 9.87. The minimum Gasteiger partial charge on any atom is -0.493 e. The van der Waals surface area contributed by atoms with Gasteiger partial charge in [-0.2, -0.15) is 0 Å². The van der Waals surface area contributed by atoms with Gasteiger partial charge in [0.25, 0.3) is 0 Å². The normalized spacial score (nSPS) is 18.8. The zero-order valence-electron chi connectivity index (χ0n) is 13.1. The molecule has 4 rings (SSSR count). The van der Waals surface area contributed by atoms with Crippen molar-refractivity contribution in [1.29, 1.82) is 0 Å². The summed E-state index contributed by atoms with van der Waals surface area (Å²) in [6.45, 7) is 0. The molecule has 0 bridgehead atoms. The largest absolute Gasteiger partial charge is 0.493 e. The van der Waals surface area contributed by atoms with Gasteiger partial charge in [0.15, 0.2) is 11.3 Å². The van der Waals surface area contributed by atoms with Crippen molar-refractivity contribution in [3.05, 3.63) is 29.0 Å². The first-order valence-electron chi connectivity index (χ1n) is 8.10. The SMILES string of the molecule is COc1cc(C2CC(=O)NC(=O)C2)cc2c3c(oc12)CCCC3. The number of amides is 2. The van der Waals surface area contributed by atoms with Crippen molar-refractivity contribution < 1.29 is 18.7 Å². The summed E-state index contributed by atoms with van der Waals surface area (Å²) in [4.78, 5) is 23.4. The fourth-order valence-electron chi connectivity index (χ4n) is 3.75. The molecule has 1 fully saturated rings. The number of hydrogen-bond donors (Lipinski definition) is 1. The van der Waals surface area contributed by atoms with Crippen LogP contribution in [0, 0.1) is 0 Å². The number of hydrogen-bond acceptors (Lipinski definition) is 4. The van der Waals surface area contributed by atoms with Crippen LogP contribution in [-0.2, 0) is 22.4 Å². The van der Waals surface area contributed by atoms with E-state index in [4.69, 9.17) is 9.15 Å². The lowest BCUT2D eigenvalue weighted by Crippen LogP contribution is -2.37. The average molecular weight is 313 g/mol. The number of piperidine rings is 1. The molecule has 0 atom stereocenters. The summed E-state index contributed by atoms with van der Waals surface area (Å²) in [6.07, 6.45) is 4.96. The van der Waals surface area contributed by atoms with E-state index in [1.54, 1.807) is 7.11 Å². The van der Waals surface area contributed by atoms with Crippen LogP contribution in [0.1, 0.15) is 48.5 Å². The number of fused-ring (bicyclic) bond motifs is 3. The molecular formula is C18H19NO4. The monoisotopic (exact) mass is 313 g/mol. The molecule has 5 nitrogen and oxygen atoms in total. The number of carbonyl (C=O) groups excluding carboxylic acids is 2. The minimum atomic E-state index is -0.209. The Morgan fingerprint density at radius 1 is 1.13 bits per heavy atom. The Labute approximate surface area is 134 Å². The number of furan rings is 1. The standard InChI is InChI=1S/C18H19NO4/c1-22-15-7-10(11-8-16(20)19-17(21)9-11)6-13-12-4-2-3-5-14(12)23-18(13)15/h6-7,11H,2-5,8-9H2,1H3,(H,19,20,21). The summed E-state index contributed by atoms with van der Waals surface area (Å²) >= 11 is 0. The van der Waals surface area contributed by atoms with Gasteiger partial charge in [-0.1, -0.05) is 0 Å². The van der Waals surface area contributed by atoms with Gasteiger partial charge in [-0.15, -0.1) is 0 Å². The van der Waals surface area contributed by atoms with Gasteiger partial charge in [-0.3, -0.25) is 14.9 Å². The van der Waals surface area contributed by atoms with E-state index in [9.17, 15) is 9.59 Å². The molecule has 5 heteroatoms. The molecule has 23 heavy (non-hydrogen) atoms. The first kappa shape index (κ1) is 14.3. The molecule has 1 aliphatic heterocycles. The summed E-state index contributed by atoms with van der Waals surface area (Å²) in [7, 11) is 1.62. The van der Waals surface area contributed by atoms with Crippen LogP contribution in [0.2, 0.25) is 0 Å². The van der Waals surface area contributed by atoms with E-state index in [-0.39, 0.29) is 17.7 Å². The zero-order chi connectivity index (χ0) is 16.0. The van der Waals surface area contributed by atoms with E-state index in [1.807, 2.05) is 6.07 Å². The fourth-order valence-corrected chi connectivity index (χ4v) is 3.75. The van der Waals surface area contributed by atoms with Crippen molar-refractivity contribution in [3.63, 3.8) is 0 Å². The molecule has 1 aliphatic carbocycles. The highest BCUT2D eigenvalue weighted by Gasteiger charge is 2.28. The number of carbonyl (C=O) groups is 2. The van der Waals surface area contributed by atoms with Gasteiger partial charge in [-0.25, -0.2) is 0 Å². The molecule has 120 valence electrons. The number of benzene rings is 1. The first-order chi connectivity index (χ1) is 11.2. The fraction of sp³-hybridized carbons (Fsp3) is 0.444. The molecule has 0 unspecified atom stereocenters. The highest BCUT2D eigenvalue weighted by Crippen LogP contribution is 2.40. The summed E-state index contributed by atoms with van der Waals surface area (Å²) in [6, 6.07) is 4.00. The smallest absolute Gasteiger partial charge is 0.227 e. The molecule has 2 aliphatic rings. The number of imide groups is 1. The summed E-state index contributed by atoms with van der Waals surface area (Å²) in [5.74, 6) is 1.23. The molecule has 2 amide bonds. The molecule has 0 saturated carbocycles. The number of aryl methyl sites for hydroxylation is 2. The molecule has 0 radical (unpaired) electrons. The molecule has 1 N–H and O–H groups in total. The topological polar surface area (TPSA) is 68.5 Å². The second-order valence-electron chi connectivity index (χ2n) is 6.39.